The quantitative estimate of drug-likeness (QED) is 0.540. The molecule has 1 aliphatic rings. The van der Waals surface area contributed by atoms with Gasteiger partial charge in [0.25, 0.3) is 5.56 Å². The molecule has 5 heterocycles. The highest BCUT2D eigenvalue weighted by Gasteiger charge is 2.30. The van der Waals surface area contributed by atoms with Gasteiger partial charge >= 0.3 is 0 Å². The molecule has 8 nitrogen and oxygen atoms in total. The molecule has 5 rings (SSSR count). The molecule has 1 aliphatic heterocycles. The third-order valence-corrected chi connectivity index (χ3v) is 4.92. The van der Waals surface area contributed by atoms with E-state index in [1.807, 2.05) is 24.3 Å². The van der Waals surface area contributed by atoms with Gasteiger partial charge in [-0.3, -0.25) is 9.78 Å². The van der Waals surface area contributed by atoms with E-state index in [2.05, 4.69) is 29.9 Å². The lowest BCUT2D eigenvalue weighted by atomic mass is 10.00. The van der Waals surface area contributed by atoms with Crippen molar-refractivity contribution < 1.29 is 0 Å². The molecule has 0 atom stereocenters. The standard InChI is InChI=1S/C20H17N7O/c28-18-4-3-17(15-5-8-21-9-6-15)25-27(18)12-14-10-26(11-14)20-16-2-1-7-22-19(16)23-13-24-20/h1-9,13-14H,10-12H2. The molecule has 1 fully saturated rings. The largest absolute Gasteiger partial charge is 0.355 e. The fourth-order valence-corrected chi connectivity index (χ4v) is 3.49. The molecule has 0 bridgehead atoms. The first-order valence-electron chi connectivity index (χ1n) is 9.07. The fourth-order valence-electron chi connectivity index (χ4n) is 3.49. The molecule has 0 unspecified atom stereocenters. The third kappa shape index (κ3) is 2.98. The number of nitrogens with zero attached hydrogens (tertiary/aromatic N) is 7. The summed E-state index contributed by atoms with van der Waals surface area (Å²) in [7, 11) is 0. The monoisotopic (exact) mass is 371 g/mol. The molecule has 8 heteroatoms. The van der Waals surface area contributed by atoms with E-state index < -0.39 is 0 Å². The van der Waals surface area contributed by atoms with E-state index in [-0.39, 0.29) is 5.56 Å². The van der Waals surface area contributed by atoms with Crippen molar-refractivity contribution in [3.8, 4) is 11.3 Å². The smallest absolute Gasteiger partial charge is 0.266 e. The van der Waals surface area contributed by atoms with E-state index in [0.29, 0.717) is 18.1 Å². The Balaban J connectivity index is 1.33. The van der Waals surface area contributed by atoms with Crippen molar-refractivity contribution in [1.29, 1.82) is 0 Å². The van der Waals surface area contributed by atoms with Crippen LogP contribution in [0.25, 0.3) is 22.3 Å². The van der Waals surface area contributed by atoms with Crippen LogP contribution in [0.15, 0.2) is 66.1 Å². The molecule has 4 aromatic rings. The maximum absolute atomic E-state index is 12.3. The summed E-state index contributed by atoms with van der Waals surface area (Å²) >= 11 is 0. The number of rotatable bonds is 4. The average molecular weight is 371 g/mol. The number of fused-ring (bicyclic) bond motifs is 1. The summed E-state index contributed by atoms with van der Waals surface area (Å²) < 4.78 is 1.55. The van der Waals surface area contributed by atoms with Crippen LogP contribution in [-0.4, -0.2) is 42.8 Å². The van der Waals surface area contributed by atoms with Crippen molar-refractivity contribution in [3.63, 3.8) is 0 Å². The summed E-state index contributed by atoms with van der Waals surface area (Å²) in [6.45, 7) is 2.21. The van der Waals surface area contributed by atoms with Gasteiger partial charge in [-0.15, -0.1) is 0 Å². The second-order valence-electron chi connectivity index (χ2n) is 6.82. The van der Waals surface area contributed by atoms with E-state index in [4.69, 9.17) is 0 Å². The summed E-state index contributed by atoms with van der Waals surface area (Å²) in [6, 6.07) is 11.0. The minimum absolute atomic E-state index is 0.0899. The Hall–Kier alpha value is -3.68. The summed E-state index contributed by atoms with van der Waals surface area (Å²) in [5.74, 6) is 1.22. The zero-order chi connectivity index (χ0) is 18.9. The molecular weight excluding hydrogens is 354 g/mol. The third-order valence-electron chi connectivity index (χ3n) is 4.92. The highest BCUT2D eigenvalue weighted by molar-refractivity contribution is 5.86. The Morgan fingerprint density at radius 2 is 1.82 bits per heavy atom. The number of pyridine rings is 2. The van der Waals surface area contributed by atoms with Gasteiger partial charge in [0.1, 0.15) is 12.1 Å². The van der Waals surface area contributed by atoms with Crippen LogP contribution in [0.4, 0.5) is 5.82 Å². The second-order valence-corrected chi connectivity index (χ2v) is 6.82. The summed E-state index contributed by atoms with van der Waals surface area (Å²) in [6.07, 6.45) is 6.71. The van der Waals surface area contributed by atoms with Gasteiger partial charge in [-0.1, -0.05) is 0 Å². The van der Waals surface area contributed by atoms with Gasteiger partial charge in [-0.25, -0.2) is 19.6 Å². The van der Waals surface area contributed by atoms with Gasteiger partial charge in [0.2, 0.25) is 0 Å². The number of aromatic nitrogens is 6. The Kier molecular flexibility index (Phi) is 4.01. The summed E-state index contributed by atoms with van der Waals surface area (Å²) in [5, 5.41) is 5.48. The summed E-state index contributed by atoms with van der Waals surface area (Å²) in [4.78, 5) is 31.4. The number of anilines is 1. The lowest BCUT2D eigenvalue weighted by Gasteiger charge is -2.40. The number of hydrogen-bond donors (Lipinski definition) is 0. The summed E-state index contributed by atoms with van der Waals surface area (Å²) in [5.41, 5.74) is 2.32. The first-order valence-corrected chi connectivity index (χ1v) is 9.07. The van der Waals surface area contributed by atoms with Gasteiger partial charge in [0.05, 0.1) is 17.6 Å². The second kappa shape index (κ2) is 6.80. The number of hydrogen-bond acceptors (Lipinski definition) is 7. The van der Waals surface area contributed by atoms with Crippen LogP contribution in [0.3, 0.4) is 0 Å². The lowest BCUT2D eigenvalue weighted by molar-refractivity contribution is 0.334. The first-order chi connectivity index (χ1) is 13.8. The Morgan fingerprint density at radius 1 is 0.964 bits per heavy atom. The van der Waals surface area contributed by atoms with Crippen LogP contribution < -0.4 is 10.5 Å². The van der Waals surface area contributed by atoms with Gasteiger partial charge in [-0.2, -0.15) is 5.10 Å². The first kappa shape index (κ1) is 16.5. The van der Waals surface area contributed by atoms with Crippen LogP contribution in [0.1, 0.15) is 0 Å². The minimum Gasteiger partial charge on any atom is -0.355 e. The van der Waals surface area contributed by atoms with E-state index >= 15 is 0 Å². The predicted molar refractivity (Wildman–Crippen MR) is 105 cm³/mol. The zero-order valence-electron chi connectivity index (χ0n) is 15.0. The highest BCUT2D eigenvalue weighted by Crippen LogP contribution is 2.28. The molecule has 1 saturated heterocycles. The van der Waals surface area contributed by atoms with Crippen molar-refractivity contribution in [3.05, 3.63) is 71.7 Å². The molecule has 0 aromatic carbocycles. The van der Waals surface area contributed by atoms with E-state index in [0.717, 1.165) is 35.6 Å². The molecule has 138 valence electrons. The molecule has 0 radical (unpaired) electrons. The molecule has 0 amide bonds. The van der Waals surface area contributed by atoms with Crippen molar-refractivity contribution in [2.45, 2.75) is 6.54 Å². The normalized spacial score (nSPS) is 14.2. The van der Waals surface area contributed by atoms with Crippen molar-refractivity contribution in [1.82, 2.24) is 29.7 Å². The van der Waals surface area contributed by atoms with Crippen LogP contribution in [-0.2, 0) is 6.54 Å². The molecule has 28 heavy (non-hydrogen) atoms. The highest BCUT2D eigenvalue weighted by atomic mass is 16.1. The van der Waals surface area contributed by atoms with Gasteiger partial charge in [0, 0.05) is 49.2 Å². The van der Waals surface area contributed by atoms with E-state index in [1.165, 1.54) is 0 Å². The maximum atomic E-state index is 12.3. The Morgan fingerprint density at radius 3 is 2.68 bits per heavy atom. The van der Waals surface area contributed by atoms with Gasteiger partial charge < -0.3 is 4.90 Å². The van der Waals surface area contributed by atoms with Crippen molar-refractivity contribution in [2.75, 3.05) is 18.0 Å². The fraction of sp³-hybridized carbons (Fsp3) is 0.200. The molecule has 4 aromatic heterocycles. The molecular formula is C20H17N7O. The van der Waals surface area contributed by atoms with Crippen LogP contribution in [0, 0.1) is 5.92 Å². The van der Waals surface area contributed by atoms with Gasteiger partial charge in [0.15, 0.2) is 5.65 Å². The minimum atomic E-state index is -0.0899. The van der Waals surface area contributed by atoms with E-state index in [9.17, 15) is 4.79 Å². The maximum Gasteiger partial charge on any atom is 0.266 e. The predicted octanol–water partition coefficient (Wildman–Crippen LogP) is 1.78. The van der Waals surface area contributed by atoms with Gasteiger partial charge in [-0.05, 0) is 30.3 Å². The van der Waals surface area contributed by atoms with Crippen LogP contribution in [0.2, 0.25) is 0 Å². The molecule has 0 spiro atoms. The topological polar surface area (TPSA) is 89.7 Å². The van der Waals surface area contributed by atoms with Crippen molar-refractivity contribution in [2.24, 2.45) is 5.92 Å². The zero-order valence-corrected chi connectivity index (χ0v) is 15.0. The van der Waals surface area contributed by atoms with Crippen molar-refractivity contribution >= 4 is 16.9 Å². The molecule has 0 saturated carbocycles. The average Bonchev–Trinajstić information content (AvgIpc) is 2.72. The lowest BCUT2D eigenvalue weighted by Crippen LogP contribution is -2.50. The molecule has 0 N–H and O–H groups in total. The van der Waals surface area contributed by atoms with Crippen LogP contribution >= 0.6 is 0 Å². The SMILES string of the molecule is O=c1ccc(-c2ccncc2)nn1CC1CN(c2ncnc3ncccc23)C1. The Labute approximate surface area is 160 Å². The van der Waals surface area contributed by atoms with E-state index in [1.54, 1.807) is 41.7 Å². The molecule has 0 aliphatic carbocycles. The van der Waals surface area contributed by atoms with Crippen LogP contribution in [0.5, 0.6) is 0 Å². The Bertz CT molecular complexity index is 1180.